The fraction of sp³-hybridized carbons (Fsp3) is 0.514. The Kier molecular flexibility index (Phi) is 15.7. The van der Waals surface area contributed by atoms with Crippen molar-refractivity contribution in [2.24, 2.45) is 0 Å². The van der Waals surface area contributed by atoms with Crippen LogP contribution in [0.4, 0.5) is 16.3 Å². The summed E-state index contributed by atoms with van der Waals surface area (Å²) in [6.45, 7) is 15.5. The second kappa shape index (κ2) is 18.8. The smallest absolute Gasteiger partial charge is 0.407 e. The molecule has 2 aliphatic heterocycles. The Morgan fingerprint density at radius 2 is 1.75 bits per heavy atom. The number of carbonyl (C=O) groups is 2. The molecular weight excluding hydrogens is 816 g/mol. The summed E-state index contributed by atoms with van der Waals surface area (Å²) < 4.78 is 44.6. The maximum atomic E-state index is 13.9. The Morgan fingerprint density at radius 3 is 2.40 bits per heavy atom. The van der Waals surface area contributed by atoms with Crippen LogP contribution in [-0.2, 0) is 25.6 Å². The number of hydrogen-bond donors (Lipinski definition) is 3. The number of nitrogen functional groups attached to an aromatic ring is 1. The number of ether oxygens (including phenoxy) is 2. The largest absolute Gasteiger partial charge is 0.491 e. The van der Waals surface area contributed by atoms with Crippen molar-refractivity contribution in [3.05, 3.63) is 59.9 Å². The third-order valence-electron chi connectivity index (χ3n) is 8.30. The molecule has 15 heteroatoms. The normalized spacial score (nSPS) is 19.4. The van der Waals surface area contributed by atoms with E-state index in [0.29, 0.717) is 47.7 Å². The number of hydrogen-bond acceptors (Lipinski definition) is 10. The molecule has 2 unspecified atom stereocenters. The number of nitrogens with zero attached hydrogens (tertiary/aromatic N) is 2. The van der Waals surface area contributed by atoms with E-state index in [0.717, 1.165) is 25.7 Å². The van der Waals surface area contributed by atoms with Crippen LogP contribution in [0.2, 0.25) is 0 Å². The minimum absolute atomic E-state index is 0.0794. The van der Waals surface area contributed by atoms with Crippen molar-refractivity contribution in [3.63, 3.8) is 0 Å². The van der Waals surface area contributed by atoms with Gasteiger partial charge in [0.1, 0.15) is 11.4 Å². The Balaban J connectivity index is 0.00000358. The highest BCUT2D eigenvalue weighted by atomic mass is 127. The molecule has 0 spiro atoms. The van der Waals surface area contributed by atoms with Crippen LogP contribution in [0.15, 0.2) is 53.6 Å². The van der Waals surface area contributed by atoms with Crippen LogP contribution in [0.25, 0.3) is 11.3 Å². The number of halogens is 1. The van der Waals surface area contributed by atoms with E-state index in [1.807, 2.05) is 20.8 Å². The van der Waals surface area contributed by atoms with Crippen molar-refractivity contribution in [2.45, 2.75) is 121 Å². The first-order valence-corrected chi connectivity index (χ1v) is 23.0. The lowest BCUT2D eigenvalue weighted by atomic mass is 9.88. The molecule has 0 radical (unpaired) electrons. The number of nitrogens with one attached hydrogen (secondary N) is 2. The highest BCUT2D eigenvalue weighted by molar-refractivity contribution is 14.2. The van der Waals surface area contributed by atoms with Gasteiger partial charge >= 0.3 is 6.09 Å². The lowest BCUT2D eigenvalue weighted by Crippen LogP contribution is -2.41. The molecule has 5 rings (SSSR count). The van der Waals surface area contributed by atoms with Crippen LogP contribution in [-0.4, -0.2) is 52.9 Å². The number of carbonyl (C=O) groups excluding carboxylic acids is 2. The Hall–Kier alpha value is -3.07. The molecule has 4 N–H and O–H groups in total. The Bertz CT molecular complexity index is 1790. The monoisotopic (exact) mass is 869 g/mol. The van der Waals surface area contributed by atoms with E-state index in [9.17, 15) is 18.0 Å². The van der Waals surface area contributed by atoms with Crippen molar-refractivity contribution in [1.29, 1.82) is 0 Å². The van der Waals surface area contributed by atoms with E-state index in [1.165, 1.54) is 6.20 Å². The van der Waals surface area contributed by atoms with Crippen LogP contribution in [0.1, 0.15) is 110 Å². The molecule has 3 aromatic rings. The maximum absolute atomic E-state index is 13.9. The summed E-state index contributed by atoms with van der Waals surface area (Å²) >= 11 is 2.19. The van der Waals surface area contributed by atoms with Crippen LogP contribution in [0.3, 0.4) is 0 Å². The minimum Gasteiger partial charge on any atom is -0.491 e. The summed E-state index contributed by atoms with van der Waals surface area (Å²) in [6, 6.07) is 11.6. The number of nitrogens with two attached hydrogens (primary N) is 1. The molecule has 286 valence electrons. The quantitative estimate of drug-likeness (QED) is 0.170. The molecule has 2 amide bonds. The van der Waals surface area contributed by atoms with Gasteiger partial charge in [-0.25, -0.2) is 23.2 Å². The fourth-order valence-electron chi connectivity index (χ4n) is 5.88. The lowest BCUT2D eigenvalue weighted by Gasteiger charge is -2.36. The highest BCUT2D eigenvalue weighted by Gasteiger charge is 2.42. The number of aromatic nitrogens is 2. The number of fused-ring (bicyclic) bond motifs is 13. The first kappa shape index (κ1) is 43.3. The van der Waals surface area contributed by atoms with Crippen molar-refractivity contribution < 1.29 is 32.0 Å². The van der Waals surface area contributed by atoms with E-state index >= 15 is 0 Å². The van der Waals surface area contributed by atoms with Gasteiger partial charge in [0.2, 0.25) is 0 Å². The average Bonchev–Trinajstić information content (AvgIpc) is 3.07. The van der Waals surface area contributed by atoms with Crippen molar-refractivity contribution in [3.8, 4) is 17.0 Å². The molecule has 2 aliphatic rings. The Labute approximate surface area is 323 Å². The molecule has 4 bridgehead atoms. The molecular formula is C37H53IN5O7PS. The zero-order valence-corrected chi connectivity index (χ0v) is 35.4. The average molecular weight is 870 g/mol. The van der Waals surface area contributed by atoms with Crippen molar-refractivity contribution >= 4 is 61.8 Å². The van der Waals surface area contributed by atoms with Gasteiger partial charge in [-0.1, -0.05) is 57.4 Å². The summed E-state index contributed by atoms with van der Waals surface area (Å²) in [7, 11) is -3.75. The zero-order valence-electron chi connectivity index (χ0n) is 31.4. The topological polar surface area (TPSA) is 172 Å². The first-order chi connectivity index (χ1) is 24.4. The van der Waals surface area contributed by atoms with Crippen molar-refractivity contribution in [2.75, 3.05) is 17.7 Å². The molecule has 2 atom stereocenters. The van der Waals surface area contributed by atoms with Crippen LogP contribution >= 0.6 is 28.5 Å². The predicted molar refractivity (Wildman–Crippen MR) is 217 cm³/mol. The van der Waals surface area contributed by atoms with Gasteiger partial charge in [0.05, 0.1) is 45.9 Å². The lowest BCUT2D eigenvalue weighted by molar-refractivity contribution is 0.0523. The summed E-state index contributed by atoms with van der Waals surface area (Å²) in [5, 5.41) is 5.63. The molecule has 0 aliphatic carbocycles. The number of rotatable bonds is 4. The van der Waals surface area contributed by atoms with E-state index in [4.69, 9.17) is 19.7 Å². The van der Waals surface area contributed by atoms with E-state index in [-0.39, 0.29) is 29.4 Å². The van der Waals surface area contributed by atoms with Gasteiger partial charge in [-0.2, -0.15) is 0 Å². The van der Waals surface area contributed by atoms with E-state index in [2.05, 4.69) is 42.6 Å². The number of alkyl carbamates (subject to hydrolysis) is 1. The maximum Gasteiger partial charge on any atom is 0.407 e. The van der Waals surface area contributed by atoms with Gasteiger partial charge in [0.15, 0.2) is 21.3 Å². The number of benzene rings is 2. The molecule has 0 fully saturated rings. The van der Waals surface area contributed by atoms with Crippen molar-refractivity contribution in [1.82, 2.24) is 15.3 Å². The van der Waals surface area contributed by atoms with Crippen LogP contribution in [0, 0.1) is 0 Å². The second-order valence-electron chi connectivity index (χ2n) is 14.2. The summed E-state index contributed by atoms with van der Waals surface area (Å²) in [4.78, 5) is 35.0. The fourth-order valence-corrected chi connectivity index (χ4v) is 9.46. The second-order valence-corrected chi connectivity index (χ2v) is 18.5. The van der Waals surface area contributed by atoms with Gasteiger partial charge in [-0.3, -0.25) is 4.79 Å². The van der Waals surface area contributed by atoms with Crippen LogP contribution < -0.4 is 21.1 Å². The molecule has 3 heterocycles. The molecule has 0 saturated carbocycles. The third kappa shape index (κ3) is 11.7. The molecule has 0 saturated heterocycles. The summed E-state index contributed by atoms with van der Waals surface area (Å²) in [5.41, 5.74) is 6.63. The van der Waals surface area contributed by atoms with Gasteiger partial charge in [-0.15, -0.1) is 0 Å². The van der Waals surface area contributed by atoms with E-state index < -0.39 is 37.8 Å². The SMILES string of the molecule is CC.CC(C)(C)OC(=O)NCc1cccc2c1OCCCCCCC(C)(OPI)CC(C)(C)S(=O)(=O)c1ccc(cc1)-c1cnc(N)c(n1)C(=O)N2. The minimum atomic E-state index is -3.75. The van der Waals surface area contributed by atoms with Gasteiger partial charge in [0.25, 0.3) is 5.91 Å². The molecule has 52 heavy (non-hydrogen) atoms. The van der Waals surface area contributed by atoms with Gasteiger partial charge in [0, 0.05) is 17.7 Å². The number of amides is 2. The number of para-hydroxylation sites is 1. The molecule has 2 aromatic carbocycles. The third-order valence-corrected chi connectivity index (χ3v) is 12.0. The zero-order chi connectivity index (χ0) is 38.7. The Morgan fingerprint density at radius 1 is 1.08 bits per heavy atom. The van der Waals surface area contributed by atoms with Gasteiger partial charge < -0.3 is 30.4 Å². The number of anilines is 2. The molecule has 12 nitrogen and oxygen atoms in total. The van der Waals surface area contributed by atoms with Gasteiger partial charge in [-0.05, 0) is 101 Å². The standard InChI is InChI=1S/C35H47IN5O7PS.C2H6/c1-33(2,3)47-32(43)39-20-24-12-11-13-26-29(24)46-19-10-8-7-9-18-35(6,48-49-36)22-34(4,5)50(44,45)25-16-14-23(15-17-25)27-21-38-30(37)28(40-27)31(42)41-26;1-2/h11-17,21,49H,7-10,18-20,22H2,1-6H3,(H2,37,38)(H,39,43)(H,41,42);1-2H3. The van der Waals surface area contributed by atoms with E-state index in [1.54, 1.807) is 77.1 Å². The summed E-state index contributed by atoms with van der Waals surface area (Å²) in [5.74, 6) is -0.284. The summed E-state index contributed by atoms with van der Waals surface area (Å²) in [6.07, 6.45) is 5.20. The predicted octanol–water partition coefficient (Wildman–Crippen LogP) is 9.03. The first-order valence-electron chi connectivity index (χ1n) is 17.5. The number of sulfone groups is 1. The molecule has 1 aromatic heterocycles. The van der Waals surface area contributed by atoms with Crippen LogP contribution in [0.5, 0.6) is 5.75 Å². The highest BCUT2D eigenvalue weighted by Crippen LogP contribution is 2.42.